The first kappa shape index (κ1) is 19.8. The fourth-order valence-corrected chi connectivity index (χ4v) is 2.48. The van der Waals surface area contributed by atoms with Crippen molar-refractivity contribution in [2.45, 2.75) is 7.59 Å². The van der Waals surface area contributed by atoms with Crippen LogP contribution < -0.4 is 4.74 Å². The quantitative estimate of drug-likeness (QED) is 0.499. The highest BCUT2D eigenvalue weighted by molar-refractivity contribution is 6.78. The maximum atomic E-state index is 12.1. The molecule has 130 valence electrons. The molecule has 2 N–H and O–H groups in total. The first-order valence-corrected chi connectivity index (χ1v) is 8.41. The zero-order valence-electron chi connectivity index (χ0n) is 11.7. The van der Waals surface area contributed by atoms with E-state index in [2.05, 4.69) is 9.97 Å². The molecular weight excluding hydrogens is 445 g/mol. The maximum absolute atomic E-state index is 12.1. The van der Waals surface area contributed by atoms with Crippen LogP contribution in [0.3, 0.4) is 0 Å². The average molecular weight is 453 g/mol. The van der Waals surface area contributed by atoms with E-state index in [1.165, 1.54) is 19.2 Å². The Kier molecular flexibility index (Phi) is 5.75. The van der Waals surface area contributed by atoms with Crippen molar-refractivity contribution >= 4 is 81.2 Å². The van der Waals surface area contributed by atoms with Crippen LogP contribution in [0, 0.1) is 0 Å². The van der Waals surface area contributed by atoms with Crippen molar-refractivity contribution in [1.29, 1.82) is 0 Å². The SMILES string of the molecule is COc1cc(-c2ccc(C(=O)C(Cl)(Cl)Cl)[nH]2)[nH]c1C(=O)C(Cl)(Cl)Cl. The monoisotopic (exact) mass is 450 g/mol. The summed E-state index contributed by atoms with van der Waals surface area (Å²) in [6.07, 6.45) is 0. The van der Waals surface area contributed by atoms with Gasteiger partial charge in [-0.2, -0.15) is 0 Å². The molecule has 0 amide bonds. The van der Waals surface area contributed by atoms with Crippen LogP contribution in [0.25, 0.3) is 11.4 Å². The normalized spacial score (nSPS) is 12.3. The molecule has 0 saturated heterocycles. The summed E-state index contributed by atoms with van der Waals surface area (Å²) >= 11 is 33.5. The van der Waals surface area contributed by atoms with Gasteiger partial charge in [0, 0.05) is 6.07 Å². The van der Waals surface area contributed by atoms with Gasteiger partial charge >= 0.3 is 0 Å². The number of carbonyl (C=O) groups excluding carboxylic acids is 2. The lowest BCUT2D eigenvalue weighted by atomic mass is 10.3. The van der Waals surface area contributed by atoms with E-state index >= 15 is 0 Å². The molecule has 0 bridgehead atoms. The second kappa shape index (κ2) is 6.98. The summed E-state index contributed by atoms with van der Waals surface area (Å²) in [7, 11) is 1.36. The smallest absolute Gasteiger partial charge is 0.255 e. The van der Waals surface area contributed by atoms with Gasteiger partial charge < -0.3 is 14.7 Å². The van der Waals surface area contributed by atoms with E-state index in [1.54, 1.807) is 6.07 Å². The zero-order chi connectivity index (χ0) is 18.3. The minimum absolute atomic E-state index is 0.0312. The Balaban J connectivity index is 2.41. The van der Waals surface area contributed by atoms with Gasteiger partial charge in [0.1, 0.15) is 11.4 Å². The van der Waals surface area contributed by atoms with E-state index in [0.717, 1.165) is 0 Å². The molecule has 0 fully saturated rings. The third kappa shape index (κ3) is 4.15. The summed E-state index contributed by atoms with van der Waals surface area (Å²) in [5, 5.41) is 0. The fraction of sp³-hybridized carbons (Fsp3) is 0.231. The third-order valence-corrected chi connectivity index (χ3v) is 3.99. The van der Waals surface area contributed by atoms with Crippen LogP contribution in [0.4, 0.5) is 0 Å². The highest BCUT2D eigenvalue weighted by Crippen LogP contribution is 2.36. The second-order valence-electron chi connectivity index (χ2n) is 4.57. The molecule has 0 unspecified atom stereocenters. The molecule has 0 aliphatic carbocycles. The number of halogens is 6. The van der Waals surface area contributed by atoms with Gasteiger partial charge in [0.2, 0.25) is 11.6 Å². The number of nitrogens with one attached hydrogen (secondary N) is 2. The summed E-state index contributed by atoms with van der Waals surface area (Å²) in [5.41, 5.74) is 0.895. The van der Waals surface area contributed by atoms with Gasteiger partial charge in [-0.25, -0.2) is 0 Å². The molecule has 2 aromatic rings. The number of rotatable bonds is 4. The number of alkyl halides is 6. The molecule has 11 heteroatoms. The van der Waals surface area contributed by atoms with E-state index in [-0.39, 0.29) is 17.1 Å². The number of aromatic nitrogens is 2. The lowest BCUT2D eigenvalue weighted by Gasteiger charge is -2.09. The van der Waals surface area contributed by atoms with E-state index in [9.17, 15) is 9.59 Å². The second-order valence-corrected chi connectivity index (χ2v) is 9.13. The molecule has 0 radical (unpaired) electrons. The van der Waals surface area contributed by atoms with E-state index in [1.807, 2.05) is 0 Å². The number of hydrogen-bond acceptors (Lipinski definition) is 3. The van der Waals surface area contributed by atoms with E-state index in [4.69, 9.17) is 74.3 Å². The van der Waals surface area contributed by atoms with Crippen molar-refractivity contribution in [3.8, 4) is 17.1 Å². The van der Waals surface area contributed by atoms with Crippen LogP contribution in [-0.2, 0) is 0 Å². The number of H-pyrrole nitrogens is 2. The summed E-state index contributed by atoms with van der Waals surface area (Å²) in [6.45, 7) is 0. The standard InChI is InChI=1S/C13H8Cl6N2O3/c1-24-8-4-7(21-9(8)11(23)13(17,18)19)5-2-3-6(20-5)10(22)12(14,15)16/h2-4,20-21H,1H3. The predicted octanol–water partition coefficient (Wildman–Crippen LogP) is 5.12. The van der Waals surface area contributed by atoms with Crippen LogP contribution in [0.15, 0.2) is 18.2 Å². The average Bonchev–Trinajstić information content (AvgIpc) is 3.09. The molecule has 0 atom stereocenters. The van der Waals surface area contributed by atoms with Gasteiger partial charge in [-0.3, -0.25) is 9.59 Å². The molecule has 0 spiro atoms. The molecule has 5 nitrogen and oxygen atoms in total. The maximum Gasteiger partial charge on any atom is 0.255 e. The molecule has 0 aromatic carbocycles. The van der Waals surface area contributed by atoms with Gasteiger partial charge in [-0.1, -0.05) is 69.6 Å². The van der Waals surface area contributed by atoms with Crippen molar-refractivity contribution < 1.29 is 14.3 Å². The Hall–Kier alpha value is -0.560. The van der Waals surface area contributed by atoms with Crippen molar-refractivity contribution in [3.63, 3.8) is 0 Å². The Morgan fingerprint density at radius 2 is 1.50 bits per heavy atom. The van der Waals surface area contributed by atoms with Gasteiger partial charge in [0.05, 0.1) is 24.2 Å². The van der Waals surface area contributed by atoms with Gasteiger partial charge in [0.25, 0.3) is 7.59 Å². The highest BCUT2D eigenvalue weighted by Gasteiger charge is 2.36. The lowest BCUT2D eigenvalue weighted by molar-refractivity contribution is 0.0982. The lowest BCUT2D eigenvalue weighted by Crippen LogP contribution is -2.20. The van der Waals surface area contributed by atoms with Gasteiger partial charge in [0.15, 0.2) is 0 Å². The molecule has 24 heavy (non-hydrogen) atoms. The first-order chi connectivity index (χ1) is 10.9. The van der Waals surface area contributed by atoms with Crippen LogP contribution in [0.5, 0.6) is 5.75 Å². The van der Waals surface area contributed by atoms with Gasteiger partial charge in [-0.15, -0.1) is 0 Å². The number of hydrogen-bond donors (Lipinski definition) is 2. The summed E-state index contributed by atoms with van der Waals surface area (Å²) in [4.78, 5) is 29.6. The number of ether oxygens (including phenoxy) is 1. The van der Waals surface area contributed by atoms with Crippen molar-refractivity contribution in [1.82, 2.24) is 9.97 Å². The topological polar surface area (TPSA) is 75.0 Å². The molecule has 2 heterocycles. The number of methoxy groups -OCH3 is 1. The van der Waals surface area contributed by atoms with Crippen LogP contribution in [-0.4, -0.2) is 36.2 Å². The molecule has 0 aliphatic heterocycles. The fourth-order valence-electron chi connectivity index (χ4n) is 1.89. The van der Waals surface area contributed by atoms with Crippen LogP contribution >= 0.6 is 69.6 Å². The van der Waals surface area contributed by atoms with E-state index < -0.39 is 19.2 Å². The molecule has 2 aromatic heterocycles. The minimum atomic E-state index is -2.15. The van der Waals surface area contributed by atoms with Crippen molar-refractivity contribution in [3.05, 3.63) is 29.6 Å². The first-order valence-electron chi connectivity index (χ1n) is 6.14. The molecule has 2 rings (SSSR count). The highest BCUT2D eigenvalue weighted by atomic mass is 35.6. The molecular formula is C13H8Cl6N2O3. The number of carbonyl (C=O) groups is 2. The number of aromatic amines is 2. The Labute approximate surface area is 166 Å². The molecule has 0 aliphatic rings. The predicted molar refractivity (Wildman–Crippen MR) is 96.4 cm³/mol. The van der Waals surface area contributed by atoms with Gasteiger partial charge in [-0.05, 0) is 12.1 Å². The van der Waals surface area contributed by atoms with E-state index in [0.29, 0.717) is 11.4 Å². The number of Topliss-reactive ketones (excluding diaryl/α,β-unsaturated/α-hetero) is 2. The van der Waals surface area contributed by atoms with Crippen LogP contribution in [0.1, 0.15) is 21.0 Å². The summed E-state index contributed by atoms with van der Waals surface area (Å²) < 4.78 is 0.858. The third-order valence-electron chi connectivity index (χ3n) is 2.96. The number of ketones is 2. The molecule has 0 saturated carbocycles. The van der Waals surface area contributed by atoms with Crippen LogP contribution in [0.2, 0.25) is 0 Å². The Morgan fingerprint density at radius 1 is 0.917 bits per heavy atom. The Morgan fingerprint density at radius 3 is 2.00 bits per heavy atom. The minimum Gasteiger partial charge on any atom is -0.494 e. The Bertz CT molecular complexity index is 784. The summed E-state index contributed by atoms with van der Waals surface area (Å²) in [6, 6.07) is 4.49. The largest absolute Gasteiger partial charge is 0.494 e. The van der Waals surface area contributed by atoms with Crippen molar-refractivity contribution in [2.75, 3.05) is 7.11 Å². The summed E-state index contributed by atoms with van der Waals surface area (Å²) in [5.74, 6) is -1.35. The zero-order valence-corrected chi connectivity index (χ0v) is 16.3. The van der Waals surface area contributed by atoms with Crippen molar-refractivity contribution in [2.24, 2.45) is 0 Å².